The molecule has 2 aromatic carbocycles. The number of carboxylic acid groups (broad SMARTS) is 2. The third-order valence-corrected chi connectivity index (χ3v) is 12.8. The molecule has 15 heteroatoms. The van der Waals surface area contributed by atoms with Gasteiger partial charge in [-0.1, -0.05) is 36.4 Å². The zero-order valence-corrected chi connectivity index (χ0v) is 32.6. The van der Waals surface area contributed by atoms with Gasteiger partial charge >= 0.3 is 17.9 Å². The predicted molar refractivity (Wildman–Crippen MR) is 188 cm³/mol. The van der Waals surface area contributed by atoms with Crippen LogP contribution >= 0.6 is 0 Å². The maximum absolute atomic E-state index is 12.6. The molecule has 0 amide bonds. The molecule has 4 aliphatic heterocycles. The van der Waals surface area contributed by atoms with Crippen LogP contribution in [0.4, 0.5) is 0 Å². The number of esters is 1. The third-order valence-electron chi connectivity index (χ3n) is 12.8. The summed E-state index contributed by atoms with van der Waals surface area (Å²) in [6.45, 7) is 1.05. The minimum absolute atomic E-state index is 0. The van der Waals surface area contributed by atoms with Gasteiger partial charge in [-0.3, -0.25) is 4.79 Å². The number of ketones is 1. The smallest absolute Gasteiger partial charge is 0.339 e. The van der Waals surface area contributed by atoms with E-state index in [2.05, 4.69) is 32.1 Å². The zero-order valence-electron chi connectivity index (χ0n) is 31.0. The lowest BCUT2D eigenvalue weighted by molar-refractivity contribution is -0.931. The van der Waals surface area contributed by atoms with Crippen molar-refractivity contribution in [2.45, 2.75) is 105 Å². The van der Waals surface area contributed by atoms with Gasteiger partial charge in [0.15, 0.2) is 41.7 Å². The number of likely N-dealkylation sites (tertiary alicyclic amines) is 1. The molecule has 4 heterocycles. The van der Waals surface area contributed by atoms with E-state index >= 15 is 0 Å². The number of carbonyl (C=O) groups excluding carboxylic acids is 2. The van der Waals surface area contributed by atoms with Crippen molar-refractivity contribution in [1.82, 2.24) is 4.90 Å². The molecule has 4 fully saturated rings. The number of hydrogen-bond acceptors (Lipinski definition) is 11. The molecule has 0 aromatic heterocycles. The number of hydrogen-bond donors (Lipinski definition) is 5. The van der Waals surface area contributed by atoms with Crippen LogP contribution in [0.3, 0.4) is 0 Å². The fraction of sp³-hybridized carbons (Fsp3) is 0.590. The Morgan fingerprint density at radius 2 is 1.56 bits per heavy atom. The topological polar surface area (TPSA) is 200 Å². The lowest BCUT2D eigenvalue weighted by atomic mass is 9.52. The number of aliphatic hydroxyl groups is 3. The lowest BCUT2D eigenvalue weighted by Gasteiger charge is -2.57. The molecule has 54 heavy (non-hydrogen) atoms. The molecule has 6 aliphatic rings. The summed E-state index contributed by atoms with van der Waals surface area (Å²) in [7, 11) is 8.47. The highest BCUT2D eigenvalue weighted by atomic mass is 79.9. The number of nitrogens with zero attached hydrogens (tertiary/aromatic N) is 2. The highest BCUT2D eigenvalue weighted by molar-refractivity contribution is 5.89. The van der Waals surface area contributed by atoms with Crippen molar-refractivity contribution in [2.24, 2.45) is 5.92 Å². The van der Waals surface area contributed by atoms with E-state index in [9.17, 15) is 24.3 Å². The van der Waals surface area contributed by atoms with Crippen molar-refractivity contribution < 1.29 is 80.4 Å². The second-order valence-electron chi connectivity index (χ2n) is 15.7. The van der Waals surface area contributed by atoms with Crippen LogP contribution in [-0.4, -0.2) is 136 Å². The zero-order chi connectivity index (χ0) is 38.4. The van der Waals surface area contributed by atoms with E-state index in [0.29, 0.717) is 36.0 Å². The van der Waals surface area contributed by atoms with Crippen LogP contribution in [-0.2, 0) is 35.8 Å². The standard InChI is InChI=1S/C18H21NO3.C17H24NO3.C4H6O6.BrH/c1-19-8-7-18-11-4-5-13(20)17(18)22-16-14(21-2)6-3-10(15(16)18)9-12(11)19;1-18(2)13-8-9-14(18)11-15(10-13)21-17(20)16(19)12-6-4-3-5-7-12;5-1(3(7)8)2(6)4(9)10;/h3,6,11-12,17H,4-5,7-9H2,1-2H3;3-7,13-16,19H,8-11H2,1-2H3;1-2,5-6H,(H,7,8)(H,9,10);1H/q;+1;;/p-1/t11-,12+,17-,18-;13-,14?,15?,16?;1-,2-;/m001./s1. The maximum atomic E-state index is 12.6. The summed E-state index contributed by atoms with van der Waals surface area (Å²) in [6, 6.07) is 14.9. The maximum Gasteiger partial charge on any atom is 0.339 e. The number of ether oxygens (including phenoxy) is 3. The molecule has 8 rings (SSSR count). The molecule has 1 saturated carbocycles. The number of methoxy groups -OCH3 is 1. The molecular formula is C39H51BrN2O12. The Morgan fingerprint density at radius 3 is 2.13 bits per heavy atom. The van der Waals surface area contributed by atoms with Crippen molar-refractivity contribution in [2.75, 3.05) is 34.8 Å². The molecule has 4 bridgehead atoms. The highest BCUT2D eigenvalue weighted by Crippen LogP contribution is 2.63. The van der Waals surface area contributed by atoms with Crippen LogP contribution in [0.15, 0.2) is 42.5 Å². The normalized spacial score (nSPS) is 30.9. The van der Waals surface area contributed by atoms with E-state index in [1.807, 2.05) is 24.3 Å². The number of likely N-dealkylation sites (N-methyl/N-ethyl adjacent to an activating group) is 1. The molecule has 14 nitrogen and oxygen atoms in total. The number of aliphatic carboxylic acids is 2. The van der Waals surface area contributed by atoms with Crippen LogP contribution in [0.25, 0.3) is 0 Å². The fourth-order valence-corrected chi connectivity index (χ4v) is 9.87. The van der Waals surface area contributed by atoms with E-state index in [0.717, 1.165) is 54.6 Å². The van der Waals surface area contributed by atoms with Gasteiger partial charge in [-0.05, 0) is 56.0 Å². The number of piperidine rings is 2. The number of quaternary nitrogens is 1. The Bertz CT molecular complexity index is 1690. The molecule has 5 N–H and O–H groups in total. The fourth-order valence-electron chi connectivity index (χ4n) is 9.87. The second-order valence-corrected chi connectivity index (χ2v) is 15.7. The van der Waals surface area contributed by atoms with Gasteiger partial charge < -0.3 is 66.1 Å². The summed E-state index contributed by atoms with van der Waals surface area (Å²) in [5, 5.41) is 42.6. The largest absolute Gasteiger partial charge is 1.00 e. The second kappa shape index (κ2) is 16.2. The first-order valence-electron chi connectivity index (χ1n) is 18.3. The lowest BCUT2D eigenvalue weighted by Crippen LogP contribution is -3.00. The van der Waals surface area contributed by atoms with E-state index < -0.39 is 36.2 Å². The van der Waals surface area contributed by atoms with Gasteiger partial charge in [0.25, 0.3) is 0 Å². The SMILES string of the molecule is COc1ccc2c3c1O[C@H]1C(=O)CC[C@H]4[C@@H](C2)N(C)CC[C@]314.C[N+]1(C)C2CC[C@H]1CC(OC(=O)C(O)c1ccccc1)C2.O=C(O)[C@H](O)[C@@H](O)C(=O)O.[Br-]. The molecule has 2 aliphatic carbocycles. The summed E-state index contributed by atoms with van der Waals surface area (Å²) in [5.74, 6) is -1.59. The molecule has 10 atom stereocenters. The summed E-state index contributed by atoms with van der Waals surface area (Å²) in [4.78, 5) is 46.8. The highest BCUT2D eigenvalue weighted by Gasteiger charge is 2.65. The van der Waals surface area contributed by atoms with Crippen molar-refractivity contribution in [3.63, 3.8) is 0 Å². The van der Waals surface area contributed by atoms with Crippen molar-refractivity contribution in [3.8, 4) is 11.5 Å². The number of fused-ring (bicyclic) bond motifs is 2. The van der Waals surface area contributed by atoms with E-state index in [1.165, 1.54) is 24.0 Å². The Kier molecular flexibility index (Phi) is 12.5. The summed E-state index contributed by atoms with van der Waals surface area (Å²) in [5.41, 5.74) is 3.17. The number of Topliss-reactive ketones (excluding diaryl/α,β-unsaturated/α-hetero) is 1. The summed E-state index contributed by atoms with van der Waals surface area (Å²) in [6.07, 6.45) is 1.98. The Balaban J connectivity index is 0.000000166. The first-order valence-corrected chi connectivity index (χ1v) is 18.3. The van der Waals surface area contributed by atoms with E-state index in [4.69, 9.17) is 34.6 Å². The minimum Gasteiger partial charge on any atom is -1.00 e. The van der Waals surface area contributed by atoms with Crippen molar-refractivity contribution in [3.05, 3.63) is 59.2 Å². The number of benzene rings is 2. The number of carbonyl (C=O) groups is 4. The van der Waals surface area contributed by atoms with Gasteiger partial charge in [0.1, 0.15) is 6.10 Å². The van der Waals surface area contributed by atoms with Crippen LogP contribution in [0.5, 0.6) is 11.5 Å². The van der Waals surface area contributed by atoms with Gasteiger partial charge in [0.2, 0.25) is 0 Å². The minimum atomic E-state index is -2.27. The first kappa shape index (κ1) is 41.6. The Labute approximate surface area is 325 Å². The van der Waals surface area contributed by atoms with Crippen LogP contribution < -0.4 is 26.5 Å². The molecule has 296 valence electrons. The number of halogens is 1. The van der Waals surface area contributed by atoms with Gasteiger partial charge in [-0.25, -0.2) is 14.4 Å². The average Bonchev–Trinajstić information content (AvgIpc) is 3.52. The summed E-state index contributed by atoms with van der Waals surface area (Å²) < 4.78 is 18.4. The number of carboxylic acids is 2. The van der Waals surface area contributed by atoms with Gasteiger partial charge in [0.05, 0.1) is 33.3 Å². The molecule has 0 radical (unpaired) electrons. The molecule has 3 unspecified atom stereocenters. The van der Waals surface area contributed by atoms with Crippen LogP contribution in [0.1, 0.15) is 67.7 Å². The Morgan fingerprint density at radius 1 is 0.944 bits per heavy atom. The quantitative estimate of drug-likeness (QED) is 0.166. The van der Waals surface area contributed by atoms with Gasteiger partial charge in [-0.15, -0.1) is 0 Å². The monoisotopic (exact) mass is 818 g/mol. The van der Waals surface area contributed by atoms with Crippen LogP contribution in [0.2, 0.25) is 0 Å². The van der Waals surface area contributed by atoms with Gasteiger partial charge in [0, 0.05) is 49.1 Å². The van der Waals surface area contributed by atoms with Gasteiger partial charge in [-0.2, -0.15) is 0 Å². The van der Waals surface area contributed by atoms with Crippen molar-refractivity contribution in [1.29, 1.82) is 0 Å². The van der Waals surface area contributed by atoms with E-state index in [1.54, 1.807) is 19.2 Å². The third kappa shape index (κ3) is 7.38. The molecule has 3 saturated heterocycles. The van der Waals surface area contributed by atoms with Crippen molar-refractivity contribution >= 4 is 23.7 Å². The number of aliphatic hydroxyl groups excluding tert-OH is 3. The van der Waals surface area contributed by atoms with E-state index in [-0.39, 0.29) is 40.4 Å². The summed E-state index contributed by atoms with van der Waals surface area (Å²) >= 11 is 0. The Hall–Kier alpha value is -3.60. The average molecular weight is 820 g/mol. The van der Waals surface area contributed by atoms with Crippen LogP contribution in [0, 0.1) is 5.92 Å². The molecular weight excluding hydrogens is 768 g/mol. The molecule has 2 aromatic rings. The predicted octanol–water partition coefficient (Wildman–Crippen LogP) is -1.15. The molecule has 1 spiro atoms. The number of rotatable bonds is 7. The first-order chi connectivity index (χ1) is 25.1.